The number of esters is 2. The Morgan fingerprint density at radius 2 is 0.753 bits per heavy atom. The van der Waals surface area contributed by atoms with Crippen molar-refractivity contribution in [2.75, 3.05) is 26.4 Å². The van der Waals surface area contributed by atoms with Gasteiger partial charge in [0.1, 0.15) is 6.61 Å². The minimum atomic E-state index is -4.40. The Hall–Kier alpha value is -3.85. The van der Waals surface area contributed by atoms with Gasteiger partial charge in [0.15, 0.2) is 6.10 Å². The van der Waals surface area contributed by atoms with Gasteiger partial charge in [-0.25, -0.2) is 4.57 Å². The molecule has 0 aliphatic heterocycles. The smallest absolute Gasteiger partial charge is 0.462 e. The molecule has 0 amide bonds. The van der Waals surface area contributed by atoms with Gasteiger partial charge in [-0.2, -0.15) is 0 Å². The van der Waals surface area contributed by atoms with Crippen LogP contribution in [0.15, 0.2) is 134 Å². The summed E-state index contributed by atoms with van der Waals surface area (Å²) in [5, 5.41) is 0. The summed E-state index contributed by atoms with van der Waals surface area (Å²) in [6.45, 7) is 3.56. The fourth-order valence-corrected chi connectivity index (χ4v) is 8.07. The third kappa shape index (κ3) is 57.3. The summed E-state index contributed by atoms with van der Waals surface area (Å²) < 4.78 is 33.0. The second kappa shape index (κ2) is 57.4. The molecule has 0 saturated carbocycles. The average molecular weight is 1030 g/mol. The van der Waals surface area contributed by atoms with E-state index in [9.17, 15) is 19.0 Å². The van der Waals surface area contributed by atoms with E-state index in [1.807, 2.05) is 0 Å². The standard InChI is InChI=1S/C63H104NO8P/c1-3-5-7-9-11-13-15-17-19-21-23-24-25-26-27-28-29-30-31-32-33-34-35-36-38-40-42-44-46-48-50-52-54-56-63(66)72-61(60-71-73(67,68)70-58-57-64)59-69-62(65)55-53-51-49-47-45-43-41-39-37-22-20-18-16-14-12-10-8-6-4-2/h5,7,11-14,17-20,23-24,26-27,29-30,32-33,35-36,40,42,61H,3-4,6,8-10,15-16,21-22,25,28,31,34,37-39,41,43-60,64H2,1-2H3,(H,67,68)/b7-5-,13-11-,14-12-,19-17-,20-18-,24-23-,27-26-,30-29-,33-32-,36-35-,42-40-. The Morgan fingerprint density at radius 3 is 1.12 bits per heavy atom. The predicted octanol–water partition coefficient (Wildman–Crippen LogP) is 18.2. The van der Waals surface area contributed by atoms with Crippen LogP contribution in [0, 0.1) is 0 Å². The summed E-state index contributed by atoms with van der Waals surface area (Å²) in [6, 6.07) is 0. The van der Waals surface area contributed by atoms with Gasteiger partial charge in [0.2, 0.25) is 0 Å². The van der Waals surface area contributed by atoms with Crippen molar-refractivity contribution in [1.82, 2.24) is 0 Å². The Balaban J connectivity index is 4.09. The van der Waals surface area contributed by atoms with Crippen LogP contribution in [0.5, 0.6) is 0 Å². The van der Waals surface area contributed by atoms with Crippen LogP contribution in [0.4, 0.5) is 0 Å². The van der Waals surface area contributed by atoms with Gasteiger partial charge in [-0.3, -0.25) is 18.6 Å². The van der Waals surface area contributed by atoms with Crippen LogP contribution in [0.1, 0.15) is 219 Å². The van der Waals surface area contributed by atoms with E-state index in [-0.39, 0.29) is 32.6 Å². The highest BCUT2D eigenvalue weighted by Crippen LogP contribution is 2.43. The second-order valence-electron chi connectivity index (χ2n) is 18.4. The molecule has 0 heterocycles. The largest absolute Gasteiger partial charge is 0.472 e. The molecule has 0 bridgehead atoms. The van der Waals surface area contributed by atoms with Crippen LogP contribution in [0.2, 0.25) is 0 Å². The van der Waals surface area contributed by atoms with Crippen LogP contribution in [-0.4, -0.2) is 49.3 Å². The number of allylic oxidation sites excluding steroid dienone is 22. The van der Waals surface area contributed by atoms with Gasteiger partial charge in [0.25, 0.3) is 0 Å². The number of hydrogen-bond donors (Lipinski definition) is 2. The maximum absolute atomic E-state index is 12.7. The summed E-state index contributed by atoms with van der Waals surface area (Å²) >= 11 is 0. The fraction of sp³-hybridized carbons (Fsp3) is 0.619. The summed E-state index contributed by atoms with van der Waals surface area (Å²) in [5.41, 5.74) is 5.38. The van der Waals surface area contributed by atoms with Crippen molar-refractivity contribution in [3.05, 3.63) is 134 Å². The van der Waals surface area contributed by atoms with E-state index < -0.39 is 32.5 Å². The van der Waals surface area contributed by atoms with Crippen LogP contribution in [-0.2, 0) is 32.7 Å². The Bertz CT molecular complexity index is 1650. The highest BCUT2D eigenvalue weighted by atomic mass is 31.2. The third-order valence-electron chi connectivity index (χ3n) is 11.5. The van der Waals surface area contributed by atoms with Gasteiger partial charge in [-0.05, 0) is 116 Å². The van der Waals surface area contributed by atoms with Crippen molar-refractivity contribution in [3.63, 3.8) is 0 Å². The molecule has 0 spiro atoms. The van der Waals surface area contributed by atoms with Gasteiger partial charge in [0.05, 0.1) is 13.2 Å². The minimum absolute atomic E-state index is 0.0421. The average Bonchev–Trinajstić information content (AvgIpc) is 3.38. The van der Waals surface area contributed by atoms with Crippen LogP contribution < -0.4 is 5.73 Å². The first-order valence-electron chi connectivity index (χ1n) is 28.7. The molecule has 9 nitrogen and oxygen atoms in total. The zero-order valence-electron chi connectivity index (χ0n) is 46.1. The molecule has 0 fully saturated rings. The topological polar surface area (TPSA) is 134 Å². The van der Waals surface area contributed by atoms with Crippen molar-refractivity contribution in [2.45, 2.75) is 225 Å². The molecule has 2 atom stereocenters. The highest BCUT2D eigenvalue weighted by molar-refractivity contribution is 7.47. The number of ether oxygens (including phenoxy) is 2. The zero-order valence-corrected chi connectivity index (χ0v) is 47.0. The van der Waals surface area contributed by atoms with Crippen molar-refractivity contribution in [3.8, 4) is 0 Å². The summed E-state index contributed by atoms with van der Waals surface area (Å²) in [6.07, 6.45) is 80.7. The zero-order chi connectivity index (χ0) is 53.1. The molecule has 73 heavy (non-hydrogen) atoms. The first-order valence-corrected chi connectivity index (χ1v) is 30.2. The lowest BCUT2D eigenvalue weighted by molar-refractivity contribution is -0.161. The van der Waals surface area contributed by atoms with E-state index in [2.05, 4.69) is 148 Å². The Kier molecular flexibility index (Phi) is 54.4. The van der Waals surface area contributed by atoms with Crippen molar-refractivity contribution < 1.29 is 37.6 Å². The summed E-state index contributed by atoms with van der Waals surface area (Å²) in [5.74, 6) is -0.863. The number of unbranched alkanes of at least 4 members (excludes halogenated alkanes) is 17. The number of rotatable bonds is 52. The summed E-state index contributed by atoms with van der Waals surface area (Å²) in [4.78, 5) is 35.2. The quantitative estimate of drug-likeness (QED) is 0.0264. The van der Waals surface area contributed by atoms with Gasteiger partial charge in [0, 0.05) is 19.4 Å². The van der Waals surface area contributed by atoms with Crippen molar-refractivity contribution in [1.29, 1.82) is 0 Å². The molecule has 10 heteroatoms. The molecule has 0 radical (unpaired) electrons. The number of hydrogen-bond acceptors (Lipinski definition) is 8. The van der Waals surface area contributed by atoms with Crippen molar-refractivity contribution in [2.24, 2.45) is 5.73 Å². The molecule has 414 valence electrons. The number of carbonyl (C=O) groups is 2. The van der Waals surface area contributed by atoms with Crippen molar-refractivity contribution >= 4 is 19.8 Å². The van der Waals surface area contributed by atoms with E-state index in [4.69, 9.17) is 24.3 Å². The highest BCUT2D eigenvalue weighted by Gasteiger charge is 2.26. The first kappa shape index (κ1) is 69.2. The molecule has 0 aliphatic rings. The van der Waals surface area contributed by atoms with Gasteiger partial charge in [-0.15, -0.1) is 0 Å². The molecule has 0 aromatic rings. The fourth-order valence-electron chi connectivity index (χ4n) is 7.30. The molecule has 0 aromatic carbocycles. The molecule has 0 rings (SSSR count). The van der Waals surface area contributed by atoms with Gasteiger partial charge >= 0.3 is 19.8 Å². The molecule has 0 saturated heterocycles. The maximum atomic E-state index is 12.7. The molecule has 0 aliphatic carbocycles. The SMILES string of the molecule is CC/C=C\C/C=C\C/C=C\C/C=C\C/C=C\C/C=C\C/C=C\C/C=C\C/C=C\CCCCCCCC(=O)OC(COC(=O)CCCCCCCCCCC/C=C\C/C=C\CCCCC)COP(=O)(O)OCCN. The molecular weight excluding hydrogens is 930 g/mol. The van der Waals surface area contributed by atoms with Gasteiger partial charge in [-0.1, -0.05) is 225 Å². The van der Waals surface area contributed by atoms with E-state index >= 15 is 0 Å². The predicted molar refractivity (Wildman–Crippen MR) is 311 cm³/mol. The lowest BCUT2D eigenvalue weighted by atomic mass is 10.1. The number of carbonyl (C=O) groups excluding carboxylic acids is 2. The number of phosphoric acid groups is 1. The van der Waals surface area contributed by atoms with E-state index in [0.29, 0.717) is 6.42 Å². The summed E-state index contributed by atoms with van der Waals surface area (Å²) in [7, 11) is -4.40. The number of nitrogens with two attached hydrogens (primary N) is 1. The third-order valence-corrected chi connectivity index (χ3v) is 12.5. The van der Waals surface area contributed by atoms with Gasteiger partial charge < -0.3 is 20.1 Å². The molecular formula is C63H104NO8P. The monoisotopic (exact) mass is 1030 g/mol. The molecule has 2 unspecified atom stereocenters. The Morgan fingerprint density at radius 1 is 0.425 bits per heavy atom. The van der Waals surface area contributed by atoms with Crippen LogP contribution in [0.25, 0.3) is 0 Å². The lowest BCUT2D eigenvalue weighted by Crippen LogP contribution is -2.29. The lowest BCUT2D eigenvalue weighted by Gasteiger charge is -2.19. The molecule has 0 aromatic heterocycles. The Labute approximate surface area is 446 Å². The minimum Gasteiger partial charge on any atom is -0.462 e. The van der Waals surface area contributed by atoms with E-state index in [1.165, 1.54) is 57.8 Å². The molecule has 3 N–H and O–H groups in total. The van der Waals surface area contributed by atoms with Crippen LogP contribution in [0.3, 0.4) is 0 Å². The van der Waals surface area contributed by atoms with E-state index in [0.717, 1.165) is 128 Å². The second-order valence-corrected chi connectivity index (χ2v) is 19.9. The van der Waals surface area contributed by atoms with E-state index in [1.54, 1.807) is 0 Å². The number of phosphoric ester groups is 1. The maximum Gasteiger partial charge on any atom is 0.472 e. The normalized spacial score (nSPS) is 14.1. The van der Waals surface area contributed by atoms with Crippen LogP contribution >= 0.6 is 7.82 Å². The first-order chi connectivity index (χ1) is 35.8.